The Balaban J connectivity index is 1.37. The van der Waals surface area contributed by atoms with E-state index >= 15 is 0 Å². The summed E-state index contributed by atoms with van der Waals surface area (Å²) < 4.78 is 6.13. The van der Waals surface area contributed by atoms with Crippen LogP contribution in [-0.4, -0.2) is 39.9 Å². The van der Waals surface area contributed by atoms with Crippen molar-refractivity contribution in [2.45, 2.75) is 36.7 Å². The number of rotatable bonds is 10. The summed E-state index contributed by atoms with van der Waals surface area (Å²) in [4.78, 5) is 15.1. The lowest BCUT2D eigenvalue weighted by Gasteiger charge is -2.29. The predicted octanol–water partition coefficient (Wildman–Crippen LogP) is 5.21. The highest BCUT2D eigenvalue weighted by molar-refractivity contribution is 8.01. The van der Waals surface area contributed by atoms with Crippen molar-refractivity contribution in [3.05, 3.63) is 60.2 Å². The van der Waals surface area contributed by atoms with Crippen LogP contribution in [0.1, 0.15) is 25.3 Å². The zero-order valence-electron chi connectivity index (χ0n) is 17.7. The van der Waals surface area contributed by atoms with Crippen LogP contribution < -0.4 is 10.1 Å². The summed E-state index contributed by atoms with van der Waals surface area (Å²) in [6.07, 6.45) is 2.42. The lowest BCUT2D eigenvalue weighted by Crippen LogP contribution is -2.40. The van der Waals surface area contributed by atoms with Crippen molar-refractivity contribution in [2.75, 3.05) is 18.2 Å². The zero-order chi connectivity index (χ0) is 21.6. The maximum Gasteiger partial charge on any atom is 0.233 e. The van der Waals surface area contributed by atoms with Crippen molar-refractivity contribution >= 4 is 39.8 Å². The van der Waals surface area contributed by atoms with Crippen molar-refractivity contribution in [2.24, 2.45) is 5.92 Å². The first-order chi connectivity index (χ1) is 15.1. The average Bonchev–Trinajstić information content (AvgIpc) is 3.56. The summed E-state index contributed by atoms with van der Waals surface area (Å²) in [5.74, 6) is 1.86. The van der Waals surface area contributed by atoms with Gasteiger partial charge in [-0.1, -0.05) is 65.6 Å². The first-order valence-corrected chi connectivity index (χ1v) is 12.1. The molecule has 0 saturated heterocycles. The van der Waals surface area contributed by atoms with Crippen LogP contribution in [0.25, 0.3) is 0 Å². The average molecular weight is 455 g/mol. The number of nitrogens with one attached hydrogen (secondary N) is 1. The van der Waals surface area contributed by atoms with E-state index in [4.69, 9.17) is 4.74 Å². The number of hydrogen-bond acceptors (Lipinski definition) is 7. The molecule has 1 aliphatic carbocycles. The summed E-state index contributed by atoms with van der Waals surface area (Å²) in [5, 5.41) is 12.4. The fourth-order valence-electron chi connectivity index (χ4n) is 3.46. The van der Waals surface area contributed by atoms with Crippen molar-refractivity contribution in [1.29, 1.82) is 0 Å². The van der Waals surface area contributed by atoms with Gasteiger partial charge >= 0.3 is 0 Å². The van der Waals surface area contributed by atoms with E-state index in [2.05, 4.69) is 34.6 Å². The van der Waals surface area contributed by atoms with Gasteiger partial charge in [0.2, 0.25) is 11.0 Å². The molecule has 0 aliphatic heterocycles. The van der Waals surface area contributed by atoms with E-state index < -0.39 is 0 Å². The van der Waals surface area contributed by atoms with Gasteiger partial charge in [-0.15, -0.1) is 10.2 Å². The van der Waals surface area contributed by atoms with Crippen molar-refractivity contribution in [1.82, 2.24) is 15.1 Å². The van der Waals surface area contributed by atoms with Crippen LogP contribution >= 0.6 is 23.1 Å². The van der Waals surface area contributed by atoms with E-state index in [1.807, 2.05) is 47.4 Å². The molecule has 0 radical (unpaired) electrons. The molecule has 6 nitrogen and oxygen atoms in total. The molecule has 1 N–H and O–H groups in total. The summed E-state index contributed by atoms with van der Waals surface area (Å²) in [6.45, 7) is 2.82. The van der Waals surface area contributed by atoms with Gasteiger partial charge in [0.05, 0.1) is 18.6 Å². The SMILES string of the molecule is COc1ccccc1Nc1nnc(SCC(=O)N(Cc2ccccc2)[C@H](C)C2CC2)s1. The Morgan fingerprint density at radius 1 is 1.19 bits per heavy atom. The highest BCUT2D eigenvalue weighted by Gasteiger charge is 2.34. The topological polar surface area (TPSA) is 67.3 Å². The number of aromatic nitrogens is 2. The van der Waals surface area contributed by atoms with Crippen molar-refractivity contribution in [3.8, 4) is 5.75 Å². The Morgan fingerprint density at radius 3 is 2.68 bits per heavy atom. The molecule has 4 rings (SSSR count). The minimum absolute atomic E-state index is 0.141. The van der Waals surface area contributed by atoms with E-state index in [0.29, 0.717) is 23.3 Å². The Labute approximate surface area is 191 Å². The minimum atomic E-state index is 0.141. The van der Waals surface area contributed by atoms with Gasteiger partial charge in [0, 0.05) is 12.6 Å². The second kappa shape index (κ2) is 10.2. The number of anilines is 2. The van der Waals surface area contributed by atoms with Crippen LogP contribution in [0, 0.1) is 5.92 Å². The second-order valence-corrected chi connectivity index (χ2v) is 9.77. The molecule has 1 amide bonds. The molecule has 8 heteroatoms. The Bertz CT molecular complexity index is 1010. The number of carbonyl (C=O) groups is 1. The van der Waals surface area contributed by atoms with Crippen LogP contribution in [0.4, 0.5) is 10.8 Å². The Morgan fingerprint density at radius 2 is 1.94 bits per heavy atom. The summed E-state index contributed by atoms with van der Waals surface area (Å²) in [5.41, 5.74) is 1.99. The van der Waals surface area contributed by atoms with Crippen LogP contribution in [0.5, 0.6) is 5.75 Å². The first-order valence-electron chi connectivity index (χ1n) is 10.3. The number of thioether (sulfide) groups is 1. The molecule has 1 aliphatic rings. The number of hydrogen-bond donors (Lipinski definition) is 1. The minimum Gasteiger partial charge on any atom is -0.495 e. The Hall–Kier alpha value is -2.58. The number of ether oxygens (including phenoxy) is 1. The van der Waals surface area contributed by atoms with Gasteiger partial charge in [-0.05, 0) is 43.4 Å². The monoisotopic (exact) mass is 454 g/mol. The quantitative estimate of drug-likeness (QED) is 0.424. The molecule has 0 bridgehead atoms. The molecule has 1 aromatic heterocycles. The van der Waals surface area contributed by atoms with Crippen LogP contribution in [0.2, 0.25) is 0 Å². The Kier molecular flexibility index (Phi) is 7.09. The van der Waals surface area contributed by atoms with E-state index in [0.717, 1.165) is 21.3 Å². The van der Waals surface area contributed by atoms with E-state index in [9.17, 15) is 4.79 Å². The van der Waals surface area contributed by atoms with Gasteiger partial charge < -0.3 is 15.0 Å². The molecule has 1 atom stereocenters. The molecule has 1 heterocycles. The maximum atomic E-state index is 13.1. The number of methoxy groups -OCH3 is 1. The first kappa shape index (κ1) is 21.6. The van der Waals surface area contributed by atoms with Crippen molar-refractivity contribution in [3.63, 3.8) is 0 Å². The third-order valence-electron chi connectivity index (χ3n) is 5.39. The number of amides is 1. The van der Waals surface area contributed by atoms with E-state index in [-0.39, 0.29) is 11.9 Å². The van der Waals surface area contributed by atoms with Crippen LogP contribution in [0.3, 0.4) is 0 Å². The summed E-state index contributed by atoms with van der Waals surface area (Å²) in [7, 11) is 1.64. The van der Waals surface area contributed by atoms with E-state index in [1.54, 1.807) is 7.11 Å². The van der Waals surface area contributed by atoms with Crippen LogP contribution in [-0.2, 0) is 11.3 Å². The highest BCUT2D eigenvalue weighted by Crippen LogP contribution is 2.36. The van der Waals surface area contributed by atoms with E-state index in [1.165, 1.54) is 35.9 Å². The van der Waals surface area contributed by atoms with Crippen molar-refractivity contribution < 1.29 is 9.53 Å². The standard InChI is InChI=1S/C23H26N4O2S2/c1-16(18-12-13-18)27(14-17-8-4-3-5-9-17)21(28)15-30-23-26-25-22(31-23)24-19-10-6-7-11-20(19)29-2/h3-11,16,18H,12-15H2,1-2H3,(H,24,25)/t16-/m1/s1. The normalized spacial score (nSPS) is 14.1. The third-order valence-corrected chi connectivity index (χ3v) is 7.34. The third kappa shape index (κ3) is 5.77. The molecule has 2 aromatic carbocycles. The molecule has 3 aromatic rings. The van der Waals surface area contributed by atoms with Gasteiger partial charge in [-0.2, -0.15) is 0 Å². The van der Waals surface area contributed by atoms with Gasteiger partial charge in [0.15, 0.2) is 4.34 Å². The zero-order valence-corrected chi connectivity index (χ0v) is 19.3. The van der Waals surface area contributed by atoms with Gasteiger partial charge in [0.25, 0.3) is 0 Å². The number of nitrogens with zero attached hydrogens (tertiary/aromatic N) is 3. The smallest absolute Gasteiger partial charge is 0.233 e. The number of carbonyl (C=O) groups excluding carboxylic acids is 1. The van der Waals surface area contributed by atoms with Crippen LogP contribution in [0.15, 0.2) is 58.9 Å². The fourth-order valence-corrected chi connectivity index (χ4v) is 5.11. The molecular formula is C23H26N4O2S2. The summed E-state index contributed by atoms with van der Waals surface area (Å²) in [6, 6.07) is 18.1. The highest BCUT2D eigenvalue weighted by atomic mass is 32.2. The number of para-hydroxylation sites is 2. The molecular weight excluding hydrogens is 428 g/mol. The molecule has 0 unspecified atom stereocenters. The lowest BCUT2D eigenvalue weighted by atomic mass is 10.1. The van der Waals surface area contributed by atoms with Gasteiger partial charge in [-0.25, -0.2) is 0 Å². The molecule has 1 fully saturated rings. The lowest BCUT2D eigenvalue weighted by molar-refractivity contribution is -0.131. The fraction of sp³-hybridized carbons (Fsp3) is 0.348. The van der Waals surface area contributed by atoms with Gasteiger partial charge in [0.1, 0.15) is 5.75 Å². The molecule has 31 heavy (non-hydrogen) atoms. The molecule has 1 saturated carbocycles. The second-order valence-electron chi connectivity index (χ2n) is 7.57. The largest absolute Gasteiger partial charge is 0.495 e. The summed E-state index contributed by atoms with van der Waals surface area (Å²) >= 11 is 2.88. The maximum absolute atomic E-state index is 13.1. The van der Waals surface area contributed by atoms with Gasteiger partial charge in [-0.3, -0.25) is 4.79 Å². The molecule has 162 valence electrons. The molecule has 0 spiro atoms. The number of benzene rings is 2. The predicted molar refractivity (Wildman–Crippen MR) is 126 cm³/mol.